The molecule has 1 amide bonds. The number of Topliss-reactive ketones (excluding diaryl/α,β-unsaturated/α-hetero) is 1. The number of carbonyl (C=O) groups is 2. The number of carbonyl (C=O) groups excluding carboxylic acids is 2. The lowest BCUT2D eigenvalue weighted by molar-refractivity contribution is 0.0747. The van der Waals surface area contributed by atoms with E-state index in [2.05, 4.69) is 9.55 Å². The number of amides is 1. The predicted octanol–water partition coefficient (Wildman–Crippen LogP) is 3.29. The number of hydrogen-bond donors (Lipinski definition) is 0. The normalized spacial score (nSPS) is 14.2. The molecule has 0 radical (unpaired) electrons. The van der Waals surface area contributed by atoms with Crippen LogP contribution in [0.4, 0.5) is 0 Å². The third kappa shape index (κ3) is 2.82. The average Bonchev–Trinajstić information content (AvgIpc) is 2.93. The molecule has 1 aromatic carbocycles. The fourth-order valence-corrected chi connectivity index (χ4v) is 3.42. The topological polar surface area (TPSA) is 55.2 Å². The molecule has 0 fully saturated rings. The van der Waals surface area contributed by atoms with Crippen molar-refractivity contribution in [1.82, 2.24) is 14.5 Å². The Kier molecular flexibility index (Phi) is 3.84. The molecule has 126 valence electrons. The molecule has 5 heteroatoms. The van der Waals surface area contributed by atoms with Gasteiger partial charge in [0, 0.05) is 42.1 Å². The number of aryl methyl sites for hydroxylation is 1. The Morgan fingerprint density at radius 1 is 1.12 bits per heavy atom. The Bertz CT molecular complexity index is 969. The highest BCUT2D eigenvalue weighted by atomic mass is 16.2. The van der Waals surface area contributed by atoms with Crippen LogP contribution in [0.25, 0.3) is 10.9 Å². The number of pyridine rings is 1. The molecule has 0 saturated heterocycles. The van der Waals surface area contributed by atoms with E-state index < -0.39 is 0 Å². The molecule has 0 unspecified atom stereocenters. The van der Waals surface area contributed by atoms with E-state index in [1.165, 1.54) is 0 Å². The quantitative estimate of drug-likeness (QED) is 0.676. The Morgan fingerprint density at radius 2 is 1.96 bits per heavy atom. The van der Waals surface area contributed by atoms with E-state index in [9.17, 15) is 9.59 Å². The number of aromatic nitrogens is 2. The zero-order valence-electron chi connectivity index (χ0n) is 14.1. The lowest BCUT2D eigenvalue weighted by Gasteiger charge is -2.21. The van der Waals surface area contributed by atoms with Gasteiger partial charge in [-0.15, -0.1) is 0 Å². The molecule has 5 nitrogen and oxygen atoms in total. The third-order valence-corrected chi connectivity index (χ3v) is 4.74. The van der Waals surface area contributed by atoms with Gasteiger partial charge in [0.15, 0.2) is 5.78 Å². The molecule has 0 N–H and O–H groups in total. The summed E-state index contributed by atoms with van der Waals surface area (Å²) in [6.45, 7) is 3.61. The molecule has 0 atom stereocenters. The highest BCUT2D eigenvalue weighted by Crippen LogP contribution is 2.22. The van der Waals surface area contributed by atoms with Crippen LogP contribution in [0.5, 0.6) is 0 Å². The van der Waals surface area contributed by atoms with Crippen molar-refractivity contribution in [3.8, 4) is 0 Å². The van der Waals surface area contributed by atoms with Gasteiger partial charge in [-0.05, 0) is 31.5 Å². The largest absolute Gasteiger partial charge is 0.349 e. The Labute approximate surface area is 145 Å². The van der Waals surface area contributed by atoms with Gasteiger partial charge in [-0.1, -0.05) is 18.2 Å². The monoisotopic (exact) mass is 333 g/mol. The maximum Gasteiger partial charge on any atom is 0.254 e. The summed E-state index contributed by atoms with van der Waals surface area (Å²) in [7, 11) is 0. The summed E-state index contributed by atoms with van der Waals surface area (Å²) in [4.78, 5) is 31.0. The SMILES string of the molecule is CC(=O)c1cc2n(c1)CCCN(C(=O)c1ccnc3ccccc13)C2. The molecule has 0 aliphatic carbocycles. The van der Waals surface area contributed by atoms with Crippen molar-refractivity contribution in [2.24, 2.45) is 0 Å². The van der Waals surface area contributed by atoms with Crippen LogP contribution in [0.15, 0.2) is 48.8 Å². The van der Waals surface area contributed by atoms with Gasteiger partial charge < -0.3 is 9.47 Å². The molecule has 3 heterocycles. The van der Waals surface area contributed by atoms with Gasteiger partial charge in [-0.25, -0.2) is 0 Å². The predicted molar refractivity (Wildman–Crippen MR) is 95.5 cm³/mol. The second-order valence-electron chi connectivity index (χ2n) is 6.43. The van der Waals surface area contributed by atoms with Crippen molar-refractivity contribution >= 4 is 22.6 Å². The lowest BCUT2D eigenvalue weighted by Crippen LogP contribution is -2.30. The van der Waals surface area contributed by atoms with Crippen molar-refractivity contribution in [3.63, 3.8) is 0 Å². The molecule has 0 bridgehead atoms. The highest BCUT2D eigenvalue weighted by Gasteiger charge is 2.22. The second kappa shape index (κ2) is 6.16. The summed E-state index contributed by atoms with van der Waals surface area (Å²) in [5.74, 6) is 0.0659. The molecule has 4 rings (SSSR count). The zero-order chi connectivity index (χ0) is 17.4. The minimum atomic E-state index is 0.0117. The first kappa shape index (κ1) is 15.6. The Hall–Kier alpha value is -2.95. The third-order valence-electron chi connectivity index (χ3n) is 4.74. The van der Waals surface area contributed by atoms with Crippen molar-refractivity contribution in [2.45, 2.75) is 26.4 Å². The summed E-state index contributed by atoms with van der Waals surface area (Å²) in [6.07, 6.45) is 4.45. The lowest BCUT2D eigenvalue weighted by atomic mass is 10.1. The maximum absolute atomic E-state index is 13.1. The zero-order valence-corrected chi connectivity index (χ0v) is 14.1. The van der Waals surface area contributed by atoms with Crippen LogP contribution in [-0.2, 0) is 13.1 Å². The van der Waals surface area contributed by atoms with E-state index in [0.717, 1.165) is 29.6 Å². The molecular formula is C20H19N3O2. The van der Waals surface area contributed by atoms with E-state index in [-0.39, 0.29) is 11.7 Å². The first-order valence-corrected chi connectivity index (χ1v) is 8.46. The van der Waals surface area contributed by atoms with Crippen molar-refractivity contribution in [3.05, 3.63) is 65.6 Å². The van der Waals surface area contributed by atoms with Crippen LogP contribution < -0.4 is 0 Å². The minimum Gasteiger partial charge on any atom is -0.349 e. The standard InChI is InChI=1S/C20H19N3O2/c1-14(24)15-11-16-13-23(10-4-9-22(16)12-15)20(25)18-7-8-21-19-6-3-2-5-17(18)19/h2-3,5-8,11-12H,4,9-10,13H2,1H3. The Balaban J connectivity index is 1.68. The summed E-state index contributed by atoms with van der Waals surface area (Å²) in [5.41, 5.74) is 3.22. The van der Waals surface area contributed by atoms with Gasteiger partial charge in [-0.2, -0.15) is 0 Å². The number of ketones is 1. The van der Waals surface area contributed by atoms with Crippen LogP contribution in [0.3, 0.4) is 0 Å². The van der Waals surface area contributed by atoms with Gasteiger partial charge in [0.25, 0.3) is 5.91 Å². The van der Waals surface area contributed by atoms with Crippen molar-refractivity contribution in [2.75, 3.05) is 6.54 Å². The van der Waals surface area contributed by atoms with Crippen molar-refractivity contribution < 1.29 is 9.59 Å². The molecule has 0 spiro atoms. The molecule has 2 aromatic heterocycles. The van der Waals surface area contributed by atoms with E-state index in [4.69, 9.17) is 0 Å². The maximum atomic E-state index is 13.1. The number of nitrogens with zero attached hydrogens (tertiary/aromatic N) is 3. The summed E-state index contributed by atoms with van der Waals surface area (Å²) in [6, 6.07) is 11.4. The van der Waals surface area contributed by atoms with Crippen LogP contribution in [0.2, 0.25) is 0 Å². The summed E-state index contributed by atoms with van der Waals surface area (Å²) < 4.78 is 2.09. The smallest absolute Gasteiger partial charge is 0.254 e. The average molecular weight is 333 g/mol. The van der Waals surface area contributed by atoms with Crippen molar-refractivity contribution in [1.29, 1.82) is 0 Å². The van der Waals surface area contributed by atoms with E-state index in [0.29, 0.717) is 24.2 Å². The van der Waals surface area contributed by atoms with E-state index in [1.54, 1.807) is 19.2 Å². The molecule has 0 saturated carbocycles. The number of rotatable bonds is 2. The number of para-hydroxylation sites is 1. The highest BCUT2D eigenvalue weighted by molar-refractivity contribution is 6.06. The van der Waals surface area contributed by atoms with Crippen LogP contribution >= 0.6 is 0 Å². The van der Waals surface area contributed by atoms with E-state index >= 15 is 0 Å². The molecular weight excluding hydrogens is 314 g/mol. The van der Waals surface area contributed by atoms with Gasteiger partial charge in [0.1, 0.15) is 0 Å². The minimum absolute atomic E-state index is 0.0117. The molecule has 1 aliphatic rings. The fraction of sp³-hybridized carbons (Fsp3) is 0.250. The van der Waals surface area contributed by atoms with Gasteiger partial charge in [0.2, 0.25) is 0 Å². The van der Waals surface area contributed by atoms with Gasteiger partial charge in [-0.3, -0.25) is 14.6 Å². The number of hydrogen-bond acceptors (Lipinski definition) is 3. The number of fused-ring (bicyclic) bond motifs is 2. The van der Waals surface area contributed by atoms with Crippen LogP contribution in [0.1, 0.15) is 39.8 Å². The first-order valence-electron chi connectivity index (χ1n) is 8.46. The van der Waals surface area contributed by atoms with Crippen LogP contribution in [0, 0.1) is 0 Å². The molecule has 1 aliphatic heterocycles. The fourth-order valence-electron chi connectivity index (χ4n) is 3.42. The molecule has 25 heavy (non-hydrogen) atoms. The number of benzene rings is 1. The summed E-state index contributed by atoms with van der Waals surface area (Å²) >= 11 is 0. The van der Waals surface area contributed by atoms with Gasteiger partial charge in [0.05, 0.1) is 17.6 Å². The van der Waals surface area contributed by atoms with Crippen LogP contribution in [-0.4, -0.2) is 32.7 Å². The Morgan fingerprint density at radius 3 is 2.80 bits per heavy atom. The van der Waals surface area contributed by atoms with E-state index in [1.807, 2.05) is 41.4 Å². The molecule has 3 aromatic rings. The summed E-state index contributed by atoms with van der Waals surface area (Å²) in [5, 5.41) is 0.874. The van der Waals surface area contributed by atoms with Gasteiger partial charge >= 0.3 is 0 Å². The second-order valence-corrected chi connectivity index (χ2v) is 6.43. The first-order chi connectivity index (χ1) is 12.1.